The normalized spacial score (nSPS) is 12.3. The number of aldehydes is 1. The Morgan fingerprint density at radius 2 is 1.72 bits per heavy atom. The van der Waals surface area contributed by atoms with E-state index in [1.807, 2.05) is 0 Å². The highest BCUT2D eigenvalue weighted by Crippen LogP contribution is 2.36. The van der Waals surface area contributed by atoms with E-state index in [1.54, 1.807) is 0 Å². The monoisotopic (exact) mass is 275 g/mol. The summed E-state index contributed by atoms with van der Waals surface area (Å²) < 4.78 is 75.8. The Hall–Kier alpha value is -2.00. The molecule has 0 amide bonds. The fraction of sp³-hybridized carbons (Fsp3) is 0.250. The number of rotatable bonds is 2. The maximum Gasteiger partial charge on any atom is 0.573 e. The number of aromatic amines is 1. The molecule has 0 saturated heterocycles. The van der Waals surface area contributed by atoms with Crippen LogP contribution in [0.1, 0.15) is 16.1 Å². The van der Waals surface area contributed by atoms with Gasteiger partial charge < -0.3 is 9.72 Å². The molecule has 0 aliphatic carbocycles. The zero-order valence-electron chi connectivity index (χ0n) is 8.15. The largest absolute Gasteiger partial charge is 0.573 e. The number of H-pyrrole nitrogens is 1. The van der Waals surface area contributed by atoms with Gasteiger partial charge in [-0.2, -0.15) is 13.2 Å². The highest BCUT2D eigenvalue weighted by atomic mass is 19.4. The van der Waals surface area contributed by atoms with Gasteiger partial charge in [0.1, 0.15) is 5.56 Å². The second-order valence-electron chi connectivity index (χ2n) is 2.96. The molecule has 0 unspecified atom stereocenters. The van der Waals surface area contributed by atoms with Gasteiger partial charge in [-0.3, -0.25) is 9.59 Å². The van der Waals surface area contributed by atoms with Gasteiger partial charge in [-0.15, -0.1) is 13.2 Å². The number of halogens is 6. The molecule has 10 heteroatoms. The number of hydrogen-bond acceptors (Lipinski definition) is 3. The molecule has 1 N–H and O–H groups in total. The molecule has 0 radical (unpaired) electrons. The molecule has 1 rings (SSSR count). The molecule has 1 aromatic heterocycles. The van der Waals surface area contributed by atoms with Gasteiger partial charge >= 0.3 is 12.5 Å². The summed E-state index contributed by atoms with van der Waals surface area (Å²) >= 11 is 0. The lowest BCUT2D eigenvalue weighted by Gasteiger charge is -2.14. The lowest BCUT2D eigenvalue weighted by Crippen LogP contribution is -2.27. The second kappa shape index (κ2) is 4.35. The average molecular weight is 275 g/mol. The summed E-state index contributed by atoms with van der Waals surface area (Å²) in [5, 5.41) is 0. The van der Waals surface area contributed by atoms with Crippen molar-refractivity contribution in [2.45, 2.75) is 12.5 Å². The van der Waals surface area contributed by atoms with E-state index >= 15 is 0 Å². The molecule has 4 nitrogen and oxygen atoms in total. The molecule has 0 aliphatic heterocycles. The molecule has 0 fully saturated rings. The number of carbonyl (C=O) groups excluding carboxylic acids is 1. The minimum Gasteiger partial charge on any atom is -0.399 e. The predicted molar refractivity (Wildman–Crippen MR) is 44.1 cm³/mol. The van der Waals surface area contributed by atoms with Crippen molar-refractivity contribution >= 4 is 6.29 Å². The van der Waals surface area contributed by atoms with E-state index in [4.69, 9.17) is 0 Å². The fourth-order valence-corrected chi connectivity index (χ4v) is 1.06. The number of carbonyl (C=O) groups is 1. The lowest BCUT2D eigenvalue weighted by molar-refractivity contribution is -0.276. The summed E-state index contributed by atoms with van der Waals surface area (Å²) in [6.07, 6.45) is -10.9. The van der Waals surface area contributed by atoms with Crippen LogP contribution in [-0.2, 0) is 6.18 Å². The van der Waals surface area contributed by atoms with Crippen molar-refractivity contribution < 1.29 is 35.9 Å². The van der Waals surface area contributed by atoms with Crippen molar-refractivity contribution in [2.24, 2.45) is 0 Å². The highest BCUT2D eigenvalue weighted by Gasteiger charge is 2.41. The highest BCUT2D eigenvalue weighted by molar-refractivity contribution is 5.72. The summed E-state index contributed by atoms with van der Waals surface area (Å²) in [6.45, 7) is 0. The number of hydrogen-bond donors (Lipinski definition) is 1. The molecule has 0 aromatic carbocycles. The van der Waals surface area contributed by atoms with Crippen molar-refractivity contribution in [3.05, 3.63) is 27.7 Å². The van der Waals surface area contributed by atoms with Gasteiger partial charge in [0.05, 0.1) is 5.69 Å². The minimum atomic E-state index is -5.46. The van der Waals surface area contributed by atoms with Crippen molar-refractivity contribution in [1.82, 2.24) is 4.98 Å². The summed E-state index contributed by atoms with van der Waals surface area (Å²) in [5.74, 6) is -1.96. The van der Waals surface area contributed by atoms with Gasteiger partial charge in [-0.25, -0.2) is 0 Å². The van der Waals surface area contributed by atoms with E-state index in [-0.39, 0.29) is 12.4 Å². The lowest BCUT2D eigenvalue weighted by atomic mass is 10.2. The first-order valence-electron chi connectivity index (χ1n) is 4.10. The standard InChI is InChI=1S/C8H3F6NO3/c9-7(10,11)4-1-3(2-16)15-6(17)5(4)18-8(12,13)14/h1-2H,(H,15,17). The number of nitrogens with one attached hydrogen (secondary N) is 1. The number of aromatic nitrogens is 1. The molecule has 18 heavy (non-hydrogen) atoms. The average Bonchev–Trinajstić information content (AvgIpc) is 2.17. The van der Waals surface area contributed by atoms with Crippen LogP contribution in [0.5, 0.6) is 5.75 Å². The Bertz CT molecular complexity index is 515. The van der Waals surface area contributed by atoms with Crippen molar-refractivity contribution in [3.8, 4) is 5.75 Å². The van der Waals surface area contributed by atoms with Crippen LogP contribution < -0.4 is 10.3 Å². The molecule has 0 spiro atoms. The molecule has 0 aliphatic rings. The Morgan fingerprint density at radius 3 is 2.11 bits per heavy atom. The molecule has 0 saturated carbocycles. The van der Waals surface area contributed by atoms with E-state index < -0.39 is 35.1 Å². The van der Waals surface area contributed by atoms with Gasteiger partial charge in [-0.05, 0) is 6.07 Å². The van der Waals surface area contributed by atoms with Crippen LogP contribution in [0.4, 0.5) is 26.3 Å². The smallest absolute Gasteiger partial charge is 0.399 e. The molecule has 0 bridgehead atoms. The van der Waals surface area contributed by atoms with Crippen molar-refractivity contribution in [1.29, 1.82) is 0 Å². The van der Waals surface area contributed by atoms with Crippen LogP contribution in [0.3, 0.4) is 0 Å². The fourth-order valence-electron chi connectivity index (χ4n) is 1.06. The topological polar surface area (TPSA) is 59.2 Å². The number of ether oxygens (including phenoxy) is 1. The van der Waals surface area contributed by atoms with Crippen molar-refractivity contribution in [2.75, 3.05) is 0 Å². The van der Waals surface area contributed by atoms with Gasteiger partial charge in [0.2, 0.25) is 5.75 Å². The van der Waals surface area contributed by atoms with Crippen molar-refractivity contribution in [3.63, 3.8) is 0 Å². The zero-order chi connectivity index (χ0) is 14.1. The quantitative estimate of drug-likeness (QED) is 0.664. The van der Waals surface area contributed by atoms with Crippen LogP contribution in [0.25, 0.3) is 0 Å². The zero-order valence-corrected chi connectivity index (χ0v) is 8.15. The van der Waals surface area contributed by atoms with Crippen LogP contribution in [0, 0.1) is 0 Å². The summed E-state index contributed by atoms with van der Waals surface area (Å²) in [5.41, 5.74) is -4.60. The molecule has 100 valence electrons. The molecule has 0 atom stereocenters. The third-order valence-electron chi connectivity index (χ3n) is 1.66. The first-order chi connectivity index (χ1) is 8.04. The van der Waals surface area contributed by atoms with Crippen LogP contribution in [0.2, 0.25) is 0 Å². The maximum atomic E-state index is 12.4. The van der Waals surface area contributed by atoms with Gasteiger partial charge in [-0.1, -0.05) is 0 Å². The van der Waals surface area contributed by atoms with E-state index in [0.29, 0.717) is 0 Å². The van der Waals surface area contributed by atoms with Crippen LogP contribution in [0.15, 0.2) is 10.9 Å². The van der Waals surface area contributed by atoms with Gasteiger partial charge in [0.25, 0.3) is 5.56 Å². The van der Waals surface area contributed by atoms with Gasteiger partial charge in [0, 0.05) is 0 Å². The first-order valence-corrected chi connectivity index (χ1v) is 4.10. The van der Waals surface area contributed by atoms with Gasteiger partial charge in [0.15, 0.2) is 6.29 Å². The van der Waals surface area contributed by atoms with Crippen LogP contribution >= 0.6 is 0 Å². The maximum absolute atomic E-state index is 12.4. The summed E-state index contributed by atoms with van der Waals surface area (Å²) in [6, 6.07) is 0.0511. The Kier molecular flexibility index (Phi) is 3.40. The summed E-state index contributed by atoms with van der Waals surface area (Å²) in [4.78, 5) is 22.8. The molecule has 1 aromatic rings. The molecular weight excluding hydrogens is 272 g/mol. The minimum absolute atomic E-state index is 0.0511. The number of alkyl halides is 6. The van der Waals surface area contributed by atoms with Crippen LogP contribution in [-0.4, -0.2) is 17.6 Å². The van der Waals surface area contributed by atoms with E-state index in [1.165, 1.54) is 4.98 Å². The summed E-state index contributed by atoms with van der Waals surface area (Å²) in [7, 11) is 0. The SMILES string of the molecule is O=Cc1cc(C(F)(F)F)c(OC(F)(F)F)c(=O)[nH]1. The van der Waals surface area contributed by atoms with E-state index in [2.05, 4.69) is 4.74 Å². The molecular formula is C8H3F6NO3. The molecule has 1 heterocycles. The Balaban J connectivity index is 3.49. The second-order valence-corrected chi connectivity index (χ2v) is 2.96. The van der Waals surface area contributed by atoms with E-state index in [9.17, 15) is 35.9 Å². The Labute approximate surface area is 94.2 Å². The first kappa shape index (κ1) is 14.1. The predicted octanol–water partition coefficient (Wildman–Crippen LogP) is 2.10. The number of pyridine rings is 1. The Morgan fingerprint density at radius 1 is 1.17 bits per heavy atom. The van der Waals surface area contributed by atoms with E-state index in [0.717, 1.165) is 0 Å². The third kappa shape index (κ3) is 3.25. The third-order valence-corrected chi connectivity index (χ3v) is 1.66.